The number of rotatable bonds is 4. The predicted octanol–water partition coefficient (Wildman–Crippen LogP) is 2.90. The number of anilines is 1. The lowest BCUT2D eigenvalue weighted by Gasteiger charge is -2.07. The number of halogens is 1. The SMILES string of the molecule is Cc1nn(C)c2ncc(NC(=O)COc3ccc(I)cc3)cc12. The summed E-state index contributed by atoms with van der Waals surface area (Å²) >= 11 is 2.22. The molecule has 0 unspecified atom stereocenters. The van der Waals surface area contributed by atoms with Crippen LogP contribution in [0.4, 0.5) is 5.69 Å². The first-order chi connectivity index (χ1) is 11.0. The third-order valence-electron chi connectivity index (χ3n) is 3.33. The minimum absolute atomic E-state index is 0.0509. The van der Waals surface area contributed by atoms with Gasteiger partial charge in [0.25, 0.3) is 5.91 Å². The number of carbonyl (C=O) groups excluding carboxylic acids is 1. The van der Waals surface area contributed by atoms with Gasteiger partial charge in [0, 0.05) is 16.0 Å². The molecule has 0 saturated heterocycles. The fourth-order valence-electron chi connectivity index (χ4n) is 2.25. The molecule has 23 heavy (non-hydrogen) atoms. The summed E-state index contributed by atoms with van der Waals surface area (Å²) in [7, 11) is 1.84. The molecule has 1 N–H and O–H groups in total. The number of benzene rings is 1. The molecule has 0 atom stereocenters. The molecular formula is C16H15IN4O2. The van der Waals surface area contributed by atoms with Crippen molar-refractivity contribution >= 4 is 45.2 Å². The van der Waals surface area contributed by atoms with Crippen LogP contribution in [0.2, 0.25) is 0 Å². The molecule has 3 aromatic rings. The number of nitrogens with one attached hydrogen (secondary N) is 1. The van der Waals surface area contributed by atoms with Crippen LogP contribution in [0, 0.1) is 10.5 Å². The largest absolute Gasteiger partial charge is 0.484 e. The molecule has 0 saturated carbocycles. The van der Waals surface area contributed by atoms with E-state index in [1.54, 1.807) is 10.9 Å². The van der Waals surface area contributed by atoms with Gasteiger partial charge in [0.15, 0.2) is 12.3 Å². The molecule has 2 heterocycles. The van der Waals surface area contributed by atoms with E-state index in [1.165, 1.54) is 0 Å². The van der Waals surface area contributed by atoms with E-state index in [4.69, 9.17) is 4.74 Å². The van der Waals surface area contributed by atoms with Crippen molar-refractivity contribution in [1.82, 2.24) is 14.8 Å². The highest BCUT2D eigenvalue weighted by molar-refractivity contribution is 14.1. The average molecular weight is 422 g/mol. The second kappa shape index (κ2) is 6.53. The van der Waals surface area contributed by atoms with E-state index in [0.29, 0.717) is 11.4 Å². The number of amides is 1. The van der Waals surface area contributed by atoms with Crippen LogP contribution in [0.5, 0.6) is 5.75 Å². The van der Waals surface area contributed by atoms with E-state index >= 15 is 0 Å². The first kappa shape index (κ1) is 15.7. The number of nitrogens with zero attached hydrogens (tertiary/aromatic N) is 3. The minimum atomic E-state index is -0.230. The number of carbonyl (C=O) groups is 1. The van der Waals surface area contributed by atoms with Crippen molar-refractivity contribution in [3.8, 4) is 5.75 Å². The Balaban J connectivity index is 1.65. The van der Waals surface area contributed by atoms with E-state index in [2.05, 4.69) is 38.0 Å². The predicted molar refractivity (Wildman–Crippen MR) is 96.5 cm³/mol. The molecular weight excluding hydrogens is 407 g/mol. The quantitative estimate of drug-likeness (QED) is 0.657. The fraction of sp³-hybridized carbons (Fsp3) is 0.188. The van der Waals surface area contributed by atoms with Crippen molar-refractivity contribution < 1.29 is 9.53 Å². The number of aromatic nitrogens is 3. The standard InChI is InChI=1S/C16H15IN4O2/c1-10-14-7-12(8-18-16(14)21(2)20-10)19-15(22)9-23-13-5-3-11(17)4-6-13/h3-8H,9H2,1-2H3,(H,19,22). The molecule has 2 aromatic heterocycles. The summed E-state index contributed by atoms with van der Waals surface area (Å²) in [4.78, 5) is 16.3. The summed E-state index contributed by atoms with van der Waals surface area (Å²) < 4.78 is 8.29. The first-order valence-corrected chi connectivity index (χ1v) is 8.08. The van der Waals surface area contributed by atoms with E-state index < -0.39 is 0 Å². The normalized spacial score (nSPS) is 10.7. The van der Waals surface area contributed by atoms with Crippen LogP contribution in [0.25, 0.3) is 11.0 Å². The Bertz CT molecular complexity index is 858. The Kier molecular flexibility index (Phi) is 4.46. The van der Waals surface area contributed by atoms with Crippen LogP contribution in [0.3, 0.4) is 0 Å². The summed E-state index contributed by atoms with van der Waals surface area (Å²) in [5.74, 6) is 0.434. The molecule has 7 heteroatoms. The zero-order valence-corrected chi connectivity index (χ0v) is 14.9. The highest BCUT2D eigenvalue weighted by Gasteiger charge is 2.09. The van der Waals surface area contributed by atoms with Crippen LogP contribution < -0.4 is 10.1 Å². The number of hydrogen-bond donors (Lipinski definition) is 1. The maximum absolute atomic E-state index is 12.0. The monoisotopic (exact) mass is 422 g/mol. The Labute approximate surface area is 147 Å². The summed E-state index contributed by atoms with van der Waals surface area (Å²) in [6, 6.07) is 9.39. The third-order valence-corrected chi connectivity index (χ3v) is 4.05. The molecule has 0 fully saturated rings. The van der Waals surface area contributed by atoms with Gasteiger partial charge >= 0.3 is 0 Å². The molecule has 0 aliphatic heterocycles. The third kappa shape index (κ3) is 3.61. The highest BCUT2D eigenvalue weighted by Crippen LogP contribution is 2.19. The van der Waals surface area contributed by atoms with E-state index in [9.17, 15) is 4.79 Å². The Hall–Kier alpha value is -2.16. The second-order valence-corrected chi connectivity index (χ2v) is 6.34. The van der Waals surface area contributed by atoms with Gasteiger partial charge in [-0.2, -0.15) is 5.10 Å². The van der Waals surface area contributed by atoms with Gasteiger partial charge < -0.3 is 10.1 Å². The van der Waals surface area contributed by atoms with Crippen LogP contribution in [0.1, 0.15) is 5.69 Å². The van der Waals surface area contributed by atoms with Crippen LogP contribution >= 0.6 is 22.6 Å². The van der Waals surface area contributed by atoms with Gasteiger partial charge in [-0.15, -0.1) is 0 Å². The Morgan fingerprint density at radius 3 is 2.83 bits per heavy atom. The molecule has 1 amide bonds. The molecule has 0 radical (unpaired) electrons. The molecule has 0 aliphatic rings. The summed E-state index contributed by atoms with van der Waals surface area (Å²) in [5.41, 5.74) is 2.29. The van der Waals surface area contributed by atoms with Crippen molar-refractivity contribution in [1.29, 1.82) is 0 Å². The molecule has 1 aromatic carbocycles. The van der Waals surface area contributed by atoms with Gasteiger partial charge in [-0.05, 0) is 59.8 Å². The summed E-state index contributed by atoms with van der Waals surface area (Å²) in [6.45, 7) is 1.86. The first-order valence-electron chi connectivity index (χ1n) is 7.00. The number of fused-ring (bicyclic) bond motifs is 1. The zero-order chi connectivity index (χ0) is 16.4. The van der Waals surface area contributed by atoms with Gasteiger partial charge in [-0.1, -0.05) is 0 Å². The summed E-state index contributed by atoms with van der Waals surface area (Å²) in [6.07, 6.45) is 1.62. The van der Waals surface area contributed by atoms with Gasteiger partial charge in [0.1, 0.15) is 5.75 Å². The smallest absolute Gasteiger partial charge is 0.262 e. The fourth-order valence-corrected chi connectivity index (χ4v) is 2.61. The second-order valence-electron chi connectivity index (χ2n) is 5.09. The van der Waals surface area contributed by atoms with Crippen LogP contribution in [0.15, 0.2) is 36.5 Å². The van der Waals surface area contributed by atoms with E-state index in [-0.39, 0.29) is 12.5 Å². The van der Waals surface area contributed by atoms with Crippen molar-refractivity contribution in [2.24, 2.45) is 7.05 Å². The van der Waals surface area contributed by atoms with Crippen molar-refractivity contribution in [3.63, 3.8) is 0 Å². The van der Waals surface area contributed by atoms with Gasteiger partial charge in [-0.3, -0.25) is 9.48 Å². The average Bonchev–Trinajstić information content (AvgIpc) is 2.81. The maximum Gasteiger partial charge on any atom is 0.262 e. The van der Waals surface area contributed by atoms with Crippen LogP contribution in [-0.2, 0) is 11.8 Å². The molecule has 3 rings (SSSR count). The number of hydrogen-bond acceptors (Lipinski definition) is 4. The number of aryl methyl sites for hydroxylation is 2. The lowest BCUT2D eigenvalue weighted by molar-refractivity contribution is -0.118. The lowest BCUT2D eigenvalue weighted by atomic mass is 10.2. The minimum Gasteiger partial charge on any atom is -0.484 e. The van der Waals surface area contributed by atoms with E-state index in [1.807, 2.05) is 44.3 Å². The lowest BCUT2D eigenvalue weighted by Crippen LogP contribution is -2.20. The topological polar surface area (TPSA) is 69.0 Å². The number of ether oxygens (including phenoxy) is 1. The molecule has 0 bridgehead atoms. The summed E-state index contributed by atoms with van der Waals surface area (Å²) in [5, 5.41) is 8.02. The van der Waals surface area contributed by atoms with Crippen molar-refractivity contribution in [2.75, 3.05) is 11.9 Å². The van der Waals surface area contributed by atoms with Gasteiger partial charge in [0.2, 0.25) is 0 Å². The van der Waals surface area contributed by atoms with E-state index in [0.717, 1.165) is 20.3 Å². The maximum atomic E-state index is 12.0. The van der Waals surface area contributed by atoms with Gasteiger partial charge in [-0.25, -0.2) is 4.98 Å². The van der Waals surface area contributed by atoms with Crippen molar-refractivity contribution in [2.45, 2.75) is 6.92 Å². The van der Waals surface area contributed by atoms with Crippen LogP contribution in [-0.4, -0.2) is 27.3 Å². The molecule has 0 aliphatic carbocycles. The number of pyridine rings is 1. The Morgan fingerprint density at radius 1 is 1.35 bits per heavy atom. The molecule has 118 valence electrons. The molecule has 6 nitrogen and oxygen atoms in total. The zero-order valence-electron chi connectivity index (χ0n) is 12.7. The van der Waals surface area contributed by atoms with Crippen molar-refractivity contribution in [3.05, 3.63) is 45.8 Å². The van der Waals surface area contributed by atoms with Gasteiger partial charge in [0.05, 0.1) is 17.6 Å². The Morgan fingerprint density at radius 2 is 2.09 bits per heavy atom. The highest BCUT2D eigenvalue weighted by atomic mass is 127. The molecule has 0 spiro atoms.